The zero-order chi connectivity index (χ0) is 13.1. The van der Waals surface area contributed by atoms with E-state index in [4.69, 9.17) is 5.11 Å². The quantitative estimate of drug-likeness (QED) is 0.779. The second kappa shape index (κ2) is 5.35. The number of aromatic nitrogens is 1. The second-order valence-electron chi connectivity index (χ2n) is 4.46. The predicted octanol–water partition coefficient (Wildman–Crippen LogP) is 2.15. The summed E-state index contributed by atoms with van der Waals surface area (Å²) in [6.07, 6.45) is 2.08. The maximum Gasteiger partial charge on any atom is 0.303 e. The van der Waals surface area contributed by atoms with Crippen molar-refractivity contribution in [1.29, 1.82) is 0 Å². The van der Waals surface area contributed by atoms with E-state index in [9.17, 15) is 9.59 Å². The molecule has 5 nitrogen and oxygen atoms in total. The van der Waals surface area contributed by atoms with Gasteiger partial charge in [0.1, 0.15) is 5.69 Å². The lowest BCUT2D eigenvalue weighted by Crippen LogP contribution is -2.43. The molecule has 0 bridgehead atoms. The molecule has 6 heteroatoms. The number of aliphatic carboxylic acids is 1. The first-order chi connectivity index (χ1) is 7.80. The number of hydrogen-bond acceptors (Lipinski definition) is 2. The third kappa shape index (κ3) is 4.60. The summed E-state index contributed by atoms with van der Waals surface area (Å²) in [6, 6.07) is 1.67. The Kier molecular flexibility index (Phi) is 4.34. The van der Waals surface area contributed by atoms with Crippen LogP contribution < -0.4 is 5.32 Å². The lowest BCUT2D eigenvalue weighted by atomic mass is 9.98. The third-order valence-electron chi connectivity index (χ3n) is 2.31. The van der Waals surface area contributed by atoms with Crippen molar-refractivity contribution in [1.82, 2.24) is 10.3 Å². The number of carbonyl (C=O) groups excluding carboxylic acids is 1. The summed E-state index contributed by atoms with van der Waals surface area (Å²) in [7, 11) is 0. The van der Waals surface area contributed by atoms with E-state index >= 15 is 0 Å². The minimum Gasteiger partial charge on any atom is -0.481 e. The van der Waals surface area contributed by atoms with Crippen molar-refractivity contribution in [3.05, 3.63) is 22.4 Å². The first-order valence-corrected chi connectivity index (χ1v) is 5.98. The van der Waals surface area contributed by atoms with Crippen LogP contribution in [0.1, 0.15) is 37.2 Å². The SMILES string of the molecule is CC(C)(CCC(=O)O)NC(=O)c1cc(Br)c[nH]1. The van der Waals surface area contributed by atoms with E-state index in [1.807, 2.05) is 0 Å². The van der Waals surface area contributed by atoms with Crippen LogP contribution in [0.5, 0.6) is 0 Å². The van der Waals surface area contributed by atoms with Crippen LogP contribution >= 0.6 is 15.9 Å². The molecule has 0 aromatic carbocycles. The molecular weight excluding hydrogens is 288 g/mol. The molecule has 0 fully saturated rings. The summed E-state index contributed by atoms with van der Waals surface area (Å²) in [4.78, 5) is 25.1. The van der Waals surface area contributed by atoms with Gasteiger partial charge in [0.2, 0.25) is 0 Å². The Morgan fingerprint density at radius 3 is 2.65 bits per heavy atom. The number of carbonyl (C=O) groups is 2. The van der Waals surface area contributed by atoms with Gasteiger partial charge in [-0.1, -0.05) is 0 Å². The standard InChI is InChI=1S/C11H15BrN2O3/c1-11(2,4-3-9(15)16)14-10(17)8-5-7(12)6-13-8/h5-6,13H,3-4H2,1-2H3,(H,14,17)(H,15,16). The largest absolute Gasteiger partial charge is 0.481 e. The molecule has 1 rings (SSSR count). The van der Waals surface area contributed by atoms with Gasteiger partial charge in [-0.05, 0) is 42.3 Å². The summed E-state index contributed by atoms with van der Waals surface area (Å²) < 4.78 is 0.797. The lowest BCUT2D eigenvalue weighted by Gasteiger charge is -2.25. The number of amides is 1. The molecule has 1 aromatic heterocycles. The highest BCUT2D eigenvalue weighted by Gasteiger charge is 2.22. The van der Waals surface area contributed by atoms with Crippen molar-refractivity contribution < 1.29 is 14.7 Å². The molecule has 1 amide bonds. The first kappa shape index (κ1) is 13.8. The number of halogens is 1. The van der Waals surface area contributed by atoms with Gasteiger partial charge in [-0.25, -0.2) is 0 Å². The highest BCUT2D eigenvalue weighted by molar-refractivity contribution is 9.10. The highest BCUT2D eigenvalue weighted by atomic mass is 79.9. The second-order valence-corrected chi connectivity index (χ2v) is 5.38. The molecule has 3 N–H and O–H groups in total. The zero-order valence-corrected chi connectivity index (χ0v) is 11.3. The van der Waals surface area contributed by atoms with Gasteiger partial charge in [0.25, 0.3) is 5.91 Å². The summed E-state index contributed by atoms with van der Waals surface area (Å²) in [5.74, 6) is -1.11. The average Bonchev–Trinajstić information content (AvgIpc) is 2.61. The van der Waals surface area contributed by atoms with E-state index in [0.29, 0.717) is 12.1 Å². The summed E-state index contributed by atoms with van der Waals surface area (Å²) in [5.41, 5.74) is -0.104. The van der Waals surface area contributed by atoms with Crippen molar-refractivity contribution in [2.75, 3.05) is 0 Å². The van der Waals surface area contributed by atoms with E-state index in [-0.39, 0.29) is 12.3 Å². The molecule has 0 aliphatic rings. The van der Waals surface area contributed by atoms with Crippen molar-refractivity contribution >= 4 is 27.8 Å². The maximum atomic E-state index is 11.8. The van der Waals surface area contributed by atoms with E-state index in [1.165, 1.54) is 0 Å². The van der Waals surface area contributed by atoms with Gasteiger partial charge in [-0.3, -0.25) is 9.59 Å². The normalized spacial score (nSPS) is 11.2. The fourth-order valence-electron chi connectivity index (χ4n) is 1.36. The molecule has 0 unspecified atom stereocenters. The Bertz CT molecular complexity index is 426. The number of nitrogens with one attached hydrogen (secondary N) is 2. The Morgan fingerprint density at radius 2 is 2.18 bits per heavy atom. The van der Waals surface area contributed by atoms with Crippen LogP contribution in [-0.2, 0) is 4.79 Å². The van der Waals surface area contributed by atoms with Gasteiger partial charge in [0.05, 0.1) is 0 Å². The van der Waals surface area contributed by atoms with Crippen LogP contribution in [0.2, 0.25) is 0 Å². The molecule has 0 spiro atoms. The summed E-state index contributed by atoms with van der Waals surface area (Å²) in [5, 5.41) is 11.4. The Labute approximate surface area is 108 Å². The molecule has 0 radical (unpaired) electrons. The van der Waals surface area contributed by atoms with E-state index in [0.717, 1.165) is 4.47 Å². The summed E-state index contributed by atoms with van der Waals surface area (Å²) in [6.45, 7) is 3.59. The van der Waals surface area contributed by atoms with Crippen molar-refractivity contribution in [3.8, 4) is 0 Å². The molecule has 0 saturated heterocycles. The fraction of sp³-hybridized carbons (Fsp3) is 0.455. The van der Waals surface area contributed by atoms with Gasteiger partial charge >= 0.3 is 5.97 Å². The molecule has 0 aliphatic heterocycles. The molecule has 0 aliphatic carbocycles. The molecule has 0 saturated carbocycles. The van der Waals surface area contributed by atoms with Gasteiger partial charge in [0.15, 0.2) is 0 Å². The molecule has 0 atom stereocenters. The Morgan fingerprint density at radius 1 is 1.53 bits per heavy atom. The molecular formula is C11H15BrN2O3. The third-order valence-corrected chi connectivity index (χ3v) is 2.77. The van der Waals surface area contributed by atoms with E-state index < -0.39 is 11.5 Å². The van der Waals surface area contributed by atoms with E-state index in [2.05, 4.69) is 26.2 Å². The van der Waals surface area contributed by atoms with Crippen LogP contribution in [0.4, 0.5) is 0 Å². The number of aromatic amines is 1. The van der Waals surface area contributed by atoms with Crippen LogP contribution in [0.15, 0.2) is 16.7 Å². The van der Waals surface area contributed by atoms with Gasteiger partial charge in [-0.15, -0.1) is 0 Å². The molecule has 17 heavy (non-hydrogen) atoms. The van der Waals surface area contributed by atoms with Crippen molar-refractivity contribution in [3.63, 3.8) is 0 Å². The Hall–Kier alpha value is -1.30. The van der Waals surface area contributed by atoms with E-state index in [1.54, 1.807) is 26.1 Å². The molecule has 1 aromatic rings. The zero-order valence-electron chi connectivity index (χ0n) is 9.71. The van der Waals surface area contributed by atoms with Crippen molar-refractivity contribution in [2.45, 2.75) is 32.2 Å². The number of carboxylic acids is 1. The average molecular weight is 303 g/mol. The Balaban J connectivity index is 2.58. The number of H-pyrrole nitrogens is 1. The lowest BCUT2D eigenvalue weighted by molar-refractivity contribution is -0.137. The minimum absolute atomic E-state index is 0.0295. The minimum atomic E-state index is -0.866. The topological polar surface area (TPSA) is 82.2 Å². The van der Waals surface area contributed by atoms with Crippen LogP contribution in [0.3, 0.4) is 0 Å². The van der Waals surface area contributed by atoms with Crippen molar-refractivity contribution in [2.24, 2.45) is 0 Å². The van der Waals surface area contributed by atoms with Gasteiger partial charge < -0.3 is 15.4 Å². The van der Waals surface area contributed by atoms with Crippen LogP contribution in [0.25, 0.3) is 0 Å². The number of hydrogen-bond donors (Lipinski definition) is 3. The highest BCUT2D eigenvalue weighted by Crippen LogP contribution is 2.14. The molecule has 1 heterocycles. The molecule has 94 valence electrons. The van der Waals surface area contributed by atoms with Gasteiger partial charge in [0, 0.05) is 22.6 Å². The van der Waals surface area contributed by atoms with Gasteiger partial charge in [-0.2, -0.15) is 0 Å². The van der Waals surface area contributed by atoms with Crippen LogP contribution in [0, 0.1) is 0 Å². The number of carboxylic acid groups (broad SMARTS) is 1. The number of rotatable bonds is 5. The first-order valence-electron chi connectivity index (χ1n) is 5.18. The van der Waals surface area contributed by atoms with Crippen LogP contribution in [-0.4, -0.2) is 27.5 Å². The predicted molar refractivity (Wildman–Crippen MR) is 66.9 cm³/mol. The fourth-order valence-corrected chi connectivity index (χ4v) is 1.70. The smallest absolute Gasteiger partial charge is 0.303 e. The monoisotopic (exact) mass is 302 g/mol. The maximum absolute atomic E-state index is 11.8. The summed E-state index contributed by atoms with van der Waals surface area (Å²) >= 11 is 3.24.